The number of nitrogens with zero attached hydrogens (tertiary/aromatic N) is 2. The van der Waals surface area contributed by atoms with Crippen molar-refractivity contribution in [3.8, 4) is 11.5 Å². The second-order valence-electron chi connectivity index (χ2n) is 9.16. The number of ether oxygens (including phenoxy) is 2. The summed E-state index contributed by atoms with van der Waals surface area (Å²) in [5.41, 5.74) is 4.17. The van der Waals surface area contributed by atoms with E-state index in [-0.39, 0.29) is 24.6 Å². The number of hydrogen-bond donors (Lipinski definition) is 2. The molecule has 0 radical (unpaired) electrons. The van der Waals surface area contributed by atoms with Crippen LogP contribution in [0.2, 0.25) is 0 Å². The molecule has 6 rings (SSSR count). The zero-order valence-corrected chi connectivity index (χ0v) is 21.6. The summed E-state index contributed by atoms with van der Waals surface area (Å²) in [7, 11) is 0. The highest BCUT2D eigenvalue weighted by molar-refractivity contribution is 8.13. The third kappa shape index (κ3) is 4.72. The Bertz CT molecular complexity index is 1450. The second kappa shape index (κ2) is 10.3. The summed E-state index contributed by atoms with van der Waals surface area (Å²) in [5, 5.41) is 6.92. The minimum Gasteiger partial charge on any atom is -0.454 e. The van der Waals surface area contributed by atoms with Gasteiger partial charge in [-0.1, -0.05) is 42.1 Å². The van der Waals surface area contributed by atoms with Crippen LogP contribution in [0.4, 0.5) is 11.4 Å². The van der Waals surface area contributed by atoms with Crippen LogP contribution in [0.15, 0.2) is 89.1 Å². The Labute approximate surface area is 224 Å². The first-order valence-electron chi connectivity index (χ1n) is 12.4. The van der Waals surface area contributed by atoms with Gasteiger partial charge in [0.15, 0.2) is 16.7 Å². The molecule has 38 heavy (non-hydrogen) atoms. The van der Waals surface area contributed by atoms with Crippen molar-refractivity contribution in [3.05, 3.63) is 95.2 Å². The predicted molar refractivity (Wildman–Crippen MR) is 149 cm³/mol. The zero-order valence-electron chi connectivity index (χ0n) is 20.8. The van der Waals surface area contributed by atoms with Crippen molar-refractivity contribution in [1.82, 2.24) is 4.90 Å². The molecule has 1 saturated heterocycles. The number of carbonyl (C=O) groups excluding carboxylic acids is 2. The molecule has 8 nitrogen and oxygen atoms in total. The second-order valence-corrected chi connectivity index (χ2v) is 10.2. The van der Waals surface area contributed by atoms with E-state index >= 15 is 0 Å². The molecule has 2 N–H and O–H groups in total. The average molecular weight is 527 g/mol. The minimum atomic E-state index is -0.280. The predicted octanol–water partition coefficient (Wildman–Crippen LogP) is 5.43. The Kier molecular flexibility index (Phi) is 6.51. The number of anilines is 2. The minimum absolute atomic E-state index is 0.157. The molecule has 1 fully saturated rings. The lowest BCUT2D eigenvalue weighted by molar-refractivity contribution is -0.113. The van der Waals surface area contributed by atoms with E-state index in [1.165, 1.54) is 0 Å². The Balaban J connectivity index is 1.26. The van der Waals surface area contributed by atoms with Gasteiger partial charge in [0.2, 0.25) is 6.79 Å². The van der Waals surface area contributed by atoms with Crippen molar-refractivity contribution in [2.45, 2.75) is 19.4 Å². The molecule has 3 aromatic carbocycles. The van der Waals surface area contributed by atoms with Crippen LogP contribution in [0.1, 0.15) is 35.3 Å². The summed E-state index contributed by atoms with van der Waals surface area (Å²) >= 11 is 1.72. The maximum atomic E-state index is 13.5. The van der Waals surface area contributed by atoms with Crippen molar-refractivity contribution >= 4 is 40.1 Å². The van der Waals surface area contributed by atoms with E-state index in [9.17, 15) is 9.59 Å². The zero-order chi connectivity index (χ0) is 26.1. The van der Waals surface area contributed by atoms with Crippen LogP contribution < -0.4 is 20.1 Å². The number of carbonyl (C=O) groups is 2. The summed E-state index contributed by atoms with van der Waals surface area (Å²) < 4.78 is 10.7. The molecule has 3 aliphatic rings. The quantitative estimate of drug-likeness (QED) is 0.461. The van der Waals surface area contributed by atoms with Crippen molar-refractivity contribution in [2.24, 2.45) is 4.99 Å². The van der Waals surface area contributed by atoms with Gasteiger partial charge in [-0.25, -0.2) is 4.99 Å². The summed E-state index contributed by atoms with van der Waals surface area (Å²) in [6.07, 6.45) is 1.01. The number of benzene rings is 3. The molecular weight excluding hydrogens is 500 g/mol. The maximum absolute atomic E-state index is 13.5. The number of aliphatic imine (C=N–C) groups is 1. The van der Waals surface area contributed by atoms with Crippen LogP contribution in [0.25, 0.3) is 0 Å². The van der Waals surface area contributed by atoms with Crippen LogP contribution in [-0.2, 0) is 4.79 Å². The van der Waals surface area contributed by atoms with Gasteiger partial charge in [-0.3, -0.25) is 9.59 Å². The van der Waals surface area contributed by atoms with Crippen molar-refractivity contribution < 1.29 is 19.1 Å². The number of nitrogens with one attached hydrogen (secondary N) is 2. The van der Waals surface area contributed by atoms with Crippen LogP contribution in [-0.4, -0.2) is 41.0 Å². The molecule has 0 bridgehead atoms. The van der Waals surface area contributed by atoms with E-state index in [0.717, 1.165) is 35.1 Å². The summed E-state index contributed by atoms with van der Waals surface area (Å²) in [4.78, 5) is 33.4. The van der Waals surface area contributed by atoms with Gasteiger partial charge < -0.3 is 25.0 Å². The number of rotatable bonds is 5. The van der Waals surface area contributed by atoms with E-state index in [2.05, 4.69) is 15.5 Å². The molecule has 0 aliphatic carbocycles. The normalized spacial score (nSPS) is 18.0. The van der Waals surface area contributed by atoms with E-state index in [0.29, 0.717) is 34.0 Å². The molecular formula is C29H26N4O4S. The Morgan fingerprint density at radius 2 is 1.66 bits per heavy atom. The maximum Gasteiger partial charge on any atom is 0.255 e. The molecule has 3 aromatic rings. The van der Waals surface area contributed by atoms with Crippen LogP contribution in [0.5, 0.6) is 11.5 Å². The van der Waals surface area contributed by atoms with Gasteiger partial charge >= 0.3 is 0 Å². The molecule has 0 saturated carbocycles. The van der Waals surface area contributed by atoms with Crippen LogP contribution in [0, 0.1) is 0 Å². The lowest BCUT2D eigenvalue weighted by Crippen LogP contribution is -2.43. The van der Waals surface area contributed by atoms with Gasteiger partial charge in [0.1, 0.15) is 0 Å². The number of amidine groups is 1. The Hall–Kier alpha value is -4.24. The monoisotopic (exact) mass is 526 g/mol. The average Bonchev–Trinajstić information content (AvgIpc) is 3.41. The Morgan fingerprint density at radius 3 is 2.47 bits per heavy atom. The van der Waals surface area contributed by atoms with Gasteiger partial charge in [-0.2, -0.15) is 0 Å². The van der Waals surface area contributed by atoms with E-state index in [4.69, 9.17) is 14.5 Å². The van der Waals surface area contributed by atoms with Crippen molar-refractivity contribution in [1.29, 1.82) is 0 Å². The number of allylic oxidation sites excluding steroid dienone is 1. The number of para-hydroxylation sites is 1. The highest BCUT2D eigenvalue weighted by Crippen LogP contribution is 2.40. The van der Waals surface area contributed by atoms with E-state index in [1.807, 2.05) is 61.5 Å². The molecule has 9 heteroatoms. The number of hydrogen-bond acceptors (Lipinski definition) is 7. The van der Waals surface area contributed by atoms with Gasteiger partial charge in [0.25, 0.3) is 11.8 Å². The third-order valence-electron chi connectivity index (χ3n) is 6.65. The lowest BCUT2D eigenvalue weighted by atomic mass is 9.93. The molecule has 0 spiro atoms. The first-order chi connectivity index (χ1) is 18.6. The molecule has 1 atom stereocenters. The first-order valence-corrected chi connectivity index (χ1v) is 13.4. The molecule has 0 aromatic heterocycles. The summed E-state index contributed by atoms with van der Waals surface area (Å²) in [5.74, 6) is 1.79. The van der Waals surface area contributed by atoms with Gasteiger partial charge in [0, 0.05) is 29.2 Å². The topological polar surface area (TPSA) is 92.3 Å². The van der Waals surface area contributed by atoms with Gasteiger partial charge in [-0.05, 0) is 61.4 Å². The third-order valence-corrected chi connectivity index (χ3v) is 7.73. The highest BCUT2D eigenvalue weighted by atomic mass is 32.2. The standard InChI is InChI=1S/C29H26N4O4S/c1-18-25(28(35)32-21-6-3-2-4-7-21)26(33-14-5-15-38-29(33)30-18)19-8-11-22(12-9-19)31-27(34)20-10-13-23-24(16-20)37-17-36-23/h2-4,6-13,16,26H,5,14-15,17H2,1H3,(H,31,34)(H,32,35). The molecule has 3 heterocycles. The van der Waals surface area contributed by atoms with Crippen LogP contribution >= 0.6 is 11.8 Å². The smallest absolute Gasteiger partial charge is 0.255 e. The molecule has 1 unspecified atom stereocenters. The molecule has 2 amide bonds. The largest absolute Gasteiger partial charge is 0.454 e. The van der Waals surface area contributed by atoms with Crippen molar-refractivity contribution in [3.63, 3.8) is 0 Å². The number of fused-ring (bicyclic) bond motifs is 2. The van der Waals surface area contributed by atoms with Crippen LogP contribution in [0.3, 0.4) is 0 Å². The summed E-state index contributed by atoms with van der Waals surface area (Å²) in [6, 6.07) is 21.9. The fraction of sp³-hybridized carbons (Fsp3) is 0.207. The highest BCUT2D eigenvalue weighted by Gasteiger charge is 2.37. The lowest BCUT2D eigenvalue weighted by Gasteiger charge is -2.40. The van der Waals surface area contributed by atoms with Gasteiger partial charge in [0.05, 0.1) is 17.3 Å². The fourth-order valence-electron chi connectivity index (χ4n) is 4.82. The summed E-state index contributed by atoms with van der Waals surface area (Å²) in [6.45, 7) is 2.87. The SMILES string of the molecule is CC1=C(C(=O)Nc2ccccc2)C(c2ccc(NC(=O)c3ccc4c(c3)OCO4)cc2)N2CCCSC2=N1. The molecule has 192 valence electrons. The van der Waals surface area contributed by atoms with E-state index in [1.54, 1.807) is 30.0 Å². The number of thioether (sulfide) groups is 1. The van der Waals surface area contributed by atoms with E-state index < -0.39 is 0 Å². The molecule has 3 aliphatic heterocycles. The number of amides is 2. The Morgan fingerprint density at radius 1 is 0.921 bits per heavy atom. The fourth-order valence-corrected chi connectivity index (χ4v) is 5.84. The van der Waals surface area contributed by atoms with Gasteiger partial charge in [-0.15, -0.1) is 0 Å². The first kappa shape index (κ1) is 24.1. The van der Waals surface area contributed by atoms with Crippen molar-refractivity contribution in [2.75, 3.05) is 29.7 Å².